The van der Waals surface area contributed by atoms with Gasteiger partial charge in [-0.25, -0.2) is 13.1 Å². The topological polar surface area (TPSA) is 64.3 Å². The van der Waals surface area contributed by atoms with Crippen LogP contribution in [-0.2, 0) is 22.0 Å². The van der Waals surface area contributed by atoms with Gasteiger partial charge < -0.3 is 0 Å². The SMILES string of the molecule is O=S(=O)(Cc1ccccc1)/N=c1/sc(C(F)(F)F)nn1-c1ccc(Cl)cc1. The van der Waals surface area contributed by atoms with Crippen molar-refractivity contribution in [2.45, 2.75) is 11.9 Å². The highest BCUT2D eigenvalue weighted by Gasteiger charge is 2.36. The minimum Gasteiger partial charge on any atom is -0.204 e. The quantitative estimate of drug-likeness (QED) is 0.623. The fourth-order valence-electron chi connectivity index (χ4n) is 2.14. The van der Waals surface area contributed by atoms with Crippen LogP contribution < -0.4 is 4.80 Å². The first-order chi connectivity index (χ1) is 12.6. The van der Waals surface area contributed by atoms with E-state index in [1.54, 1.807) is 30.3 Å². The van der Waals surface area contributed by atoms with Crippen LogP contribution in [-0.4, -0.2) is 18.2 Å². The highest BCUT2D eigenvalue weighted by atomic mass is 35.5. The van der Waals surface area contributed by atoms with Gasteiger partial charge in [0.15, 0.2) is 0 Å². The van der Waals surface area contributed by atoms with Crippen molar-refractivity contribution in [3.63, 3.8) is 0 Å². The Balaban J connectivity index is 2.11. The molecule has 0 radical (unpaired) electrons. The Morgan fingerprint density at radius 2 is 1.70 bits per heavy atom. The van der Waals surface area contributed by atoms with E-state index < -0.39 is 31.8 Å². The normalized spacial score (nSPS) is 13.1. The number of hydrogen-bond donors (Lipinski definition) is 0. The molecule has 0 N–H and O–H groups in total. The third kappa shape index (κ3) is 4.96. The molecule has 1 aromatic heterocycles. The maximum atomic E-state index is 13.1. The van der Waals surface area contributed by atoms with Gasteiger partial charge in [0.25, 0.3) is 10.0 Å². The van der Waals surface area contributed by atoms with Crippen molar-refractivity contribution < 1.29 is 21.6 Å². The molecular weight excluding hydrogens is 423 g/mol. The van der Waals surface area contributed by atoms with Crippen molar-refractivity contribution in [2.24, 2.45) is 4.40 Å². The monoisotopic (exact) mass is 433 g/mol. The number of nitrogens with zero attached hydrogens (tertiary/aromatic N) is 3. The summed E-state index contributed by atoms with van der Waals surface area (Å²) in [5.41, 5.74) is 0.680. The van der Waals surface area contributed by atoms with E-state index in [0.717, 1.165) is 4.68 Å². The average Bonchev–Trinajstić information content (AvgIpc) is 2.99. The number of benzene rings is 2. The fraction of sp³-hybridized carbons (Fsp3) is 0.125. The number of rotatable bonds is 4. The minimum absolute atomic E-state index is 0.151. The van der Waals surface area contributed by atoms with E-state index in [-0.39, 0.29) is 17.0 Å². The molecule has 0 bridgehead atoms. The van der Waals surface area contributed by atoms with Crippen molar-refractivity contribution in [3.05, 3.63) is 75.0 Å². The van der Waals surface area contributed by atoms with Crippen LogP contribution in [0, 0.1) is 0 Å². The lowest BCUT2D eigenvalue weighted by Crippen LogP contribution is -2.17. The minimum atomic E-state index is -4.73. The molecule has 2 aromatic carbocycles. The lowest BCUT2D eigenvalue weighted by Gasteiger charge is -2.02. The number of halogens is 4. The van der Waals surface area contributed by atoms with Gasteiger partial charge >= 0.3 is 6.18 Å². The summed E-state index contributed by atoms with van der Waals surface area (Å²) < 4.78 is 68.3. The molecule has 1 heterocycles. The largest absolute Gasteiger partial charge is 0.445 e. The van der Waals surface area contributed by atoms with Crippen molar-refractivity contribution in [1.82, 2.24) is 9.78 Å². The van der Waals surface area contributed by atoms with Crippen molar-refractivity contribution in [3.8, 4) is 5.69 Å². The third-order valence-corrected chi connectivity index (χ3v) is 5.75. The third-order valence-electron chi connectivity index (χ3n) is 3.28. The summed E-state index contributed by atoms with van der Waals surface area (Å²) in [4.78, 5) is -0.402. The molecule has 142 valence electrons. The predicted molar refractivity (Wildman–Crippen MR) is 96.1 cm³/mol. The molecule has 0 aliphatic rings. The summed E-state index contributed by atoms with van der Waals surface area (Å²) >= 11 is 5.94. The van der Waals surface area contributed by atoms with Crippen molar-refractivity contribution >= 4 is 33.0 Å². The van der Waals surface area contributed by atoms with E-state index in [4.69, 9.17) is 11.6 Å². The van der Waals surface area contributed by atoms with Gasteiger partial charge in [-0.05, 0) is 29.8 Å². The Hall–Kier alpha value is -2.17. The van der Waals surface area contributed by atoms with Gasteiger partial charge in [0.2, 0.25) is 9.81 Å². The molecular formula is C16H11ClF3N3O2S2. The summed E-state index contributed by atoms with van der Waals surface area (Å²) in [6, 6.07) is 14.0. The average molecular weight is 434 g/mol. The van der Waals surface area contributed by atoms with Crippen LogP contribution in [0.1, 0.15) is 10.6 Å². The highest BCUT2D eigenvalue weighted by Crippen LogP contribution is 2.29. The van der Waals surface area contributed by atoms with Gasteiger partial charge in [-0.3, -0.25) is 0 Å². The number of aromatic nitrogens is 2. The summed E-state index contributed by atoms with van der Waals surface area (Å²) in [6.45, 7) is 0. The summed E-state index contributed by atoms with van der Waals surface area (Å²) in [6.07, 6.45) is -4.73. The second-order valence-electron chi connectivity index (χ2n) is 5.38. The smallest absolute Gasteiger partial charge is 0.204 e. The molecule has 0 fully saturated rings. The van der Waals surface area contributed by atoms with Gasteiger partial charge in [0.1, 0.15) is 0 Å². The number of hydrogen-bond acceptors (Lipinski definition) is 4. The van der Waals surface area contributed by atoms with Crippen molar-refractivity contribution in [2.75, 3.05) is 0 Å². The van der Waals surface area contributed by atoms with Gasteiger partial charge in [-0.1, -0.05) is 53.3 Å². The Morgan fingerprint density at radius 3 is 2.30 bits per heavy atom. The van der Waals surface area contributed by atoms with Crippen LogP contribution in [0.5, 0.6) is 0 Å². The maximum absolute atomic E-state index is 13.1. The van der Waals surface area contributed by atoms with Gasteiger partial charge in [-0.2, -0.15) is 13.2 Å². The van der Waals surface area contributed by atoms with Crippen molar-refractivity contribution in [1.29, 1.82) is 0 Å². The molecule has 27 heavy (non-hydrogen) atoms. The Kier molecular flexibility index (Phi) is 5.41. The molecule has 0 spiro atoms. The molecule has 0 aliphatic carbocycles. The Bertz CT molecular complexity index is 1110. The van der Waals surface area contributed by atoms with E-state index in [1.165, 1.54) is 24.3 Å². The first-order valence-corrected chi connectivity index (χ1v) is 10.2. The molecule has 0 atom stereocenters. The molecule has 3 aromatic rings. The highest BCUT2D eigenvalue weighted by molar-refractivity contribution is 7.89. The first kappa shape index (κ1) is 19.6. The molecule has 0 unspecified atom stereocenters. The molecule has 0 amide bonds. The second-order valence-corrected chi connectivity index (χ2v) is 8.41. The molecule has 0 saturated heterocycles. The molecule has 0 aliphatic heterocycles. The molecule has 0 saturated carbocycles. The van der Waals surface area contributed by atoms with Crippen LogP contribution >= 0.6 is 22.9 Å². The lowest BCUT2D eigenvalue weighted by molar-refractivity contribution is -0.138. The van der Waals surface area contributed by atoms with Crippen LogP contribution in [0.4, 0.5) is 13.2 Å². The second kappa shape index (κ2) is 7.45. The zero-order valence-corrected chi connectivity index (χ0v) is 15.8. The van der Waals surface area contributed by atoms with E-state index >= 15 is 0 Å². The van der Waals surface area contributed by atoms with Gasteiger partial charge in [-0.15, -0.1) is 9.50 Å². The molecule has 3 rings (SSSR count). The van der Waals surface area contributed by atoms with Gasteiger partial charge in [0.05, 0.1) is 11.4 Å². The summed E-state index contributed by atoms with van der Waals surface area (Å²) in [5.74, 6) is -0.437. The van der Waals surface area contributed by atoms with Crippen LogP contribution in [0.3, 0.4) is 0 Å². The van der Waals surface area contributed by atoms with Crippen LogP contribution in [0.15, 0.2) is 59.0 Å². The van der Waals surface area contributed by atoms with Crippen LogP contribution in [0.25, 0.3) is 5.69 Å². The lowest BCUT2D eigenvalue weighted by atomic mass is 10.2. The first-order valence-electron chi connectivity index (χ1n) is 7.40. The Morgan fingerprint density at radius 1 is 1.07 bits per heavy atom. The number of sulfonamides is 1. The maximum Gasteiger partial charge on any atom is 0.445 e. The van der Waals surface area contributed by atoms with E-state index in [1.807, 2.05) is 0 Å². The van der Waals surface area contributed by atoms with E-state index in [9.17, 15) is 21.6 Å². The van der Waals surface area contributed by atoms with Gasteiger partial charge in [0, 0.05) is 5.02 Å². The van der Waals surface area contributed by atoms with Crippen LogP contribution in [0.2, 0.25) is 5.02 Å². The number of alkyl halides is 3. The zero-order valence-electron chi connectivity index (χ0n) is 13.4. The summed E-state index contributed by atoms with van der Waals surface area (Å²) in [7, 11) is -4.08. The predicted octanol–water partition coefficient (Wildman–Crippen LogP) is 4.04. The van der Waals surface area contributed by atoms with E-state index in [2.05, 4.69) is 9.50 Å². The van der Waals surface area contributed by atoms with E-state index in [0.29, 0.717) is 10.6 Å². The fourth-order valence-corrected chi connectivity index (χ4v) is 4.40. The summed E-state index contributed by atoms with van der Waals surface area (Å²) in [5, 5.41) is 2.65. The molecule has 5 nitrogen and oxygen atoms in total. The molecule has 11 heteroatoms. The zero-order chi connectivity index (χ0) is 19.7. The Labute approximate surface area is 161 Å². The standard InChI is InChI=1S/C16H11ClF3N3O2S2/c17-12-6-8-13(9-7-12)23-15(26-14(21-23)16(18,19)20)22-27(24,25)10-11-4-2-1-3-5-11/h1-9H,10H2/b22-15+.